The summed E-state index contributed by atoms with van der Waals surface area (Å²) < 4.78 is 6.75. The van der Waals surface area contributed by atoms with Crippen molar-refractivity contribution in [2.24, 2.45) is 0 Å². The zero-order chi connectivity index (χ0) is 57.5. The van der Waals surface area contributed by atoms with E-state index in [4.69, 9.17) is 4.42 Å². The maximum absolute atomic E-state index is 6.75. The van der Waals surface area contributed by atoms with Crippen LogP contribution < -0.4 is 31.1 Å². The molecular formula is C77H78BN3O. The molecule has 0 unspecified atom stereocenters. The Morgan fingerprint density at radius 2 is 0.927 bits per heavy atom. The molecule has 5 heteroatoms. The first-order valence-corrected chi connectivity index (χ1v) is 30.0. The van der Waals surface area contributed by atoms with Crippen LogP contribution >= 0.6 is 0 Å². The molecule has 2 aliphatic carbocycles. The maximum atomic E-state index is 6.75. The monoisotopic (exact) mass is 1070 g/mol. The number of aryl methyl sites for hydroxylation is 2. The van der Waals surface area contributed by atoms with E-state index >= 15 is 0 Å². The lowest BCUT2D eigenvalue weighted by Crippen LogP contribution is -2.62. The van der Waals surface area contributed by atoms with E-state index in [2.05, 4.69) is 295 Å². The Balaban J connectivity index is 1.10. The van der Waals surface area contributed by atoms with Gasteiger partial charge in [0.2, 0.25) is 0 Å². The zero-order valence-electron chi connectivity index (χ0n) is 51.2. The van der Waals surface area contributed by atoms with Crippen LogP contribution in [-0.2, 0) is 32.5 Å². The lowest BCUT2D eigenvalue weighted by Gasteiger charge is -2.48. The van der Waals surface area contributed by atoms with Gasteiger partial charge < -0.3 is 19.1 Å². The average molecular weight is 1070 g/mol. The second kappa shape index (κ2) is 17.4. The van der Waals surface area contributed by atoms with Crippen molar-refractivity contribution in [1.82, 2.24) is 0 Å². The molecule has 0 amide bonds. The van der Waals surface area contributed by atoms with E-state index in [0.29, 0.717) is 0 Å². The van der Waals surface area contributed by atoms with Crippen molar-refractivity contribution in [3.8, 4) is 0 Å². The van der Waals surface area contributed by atoms with E-state index in [1.165, 1.54) is 100 Å². The van der Waals surface area contributed by atoms with Gasteiger partial charge in [0, 0.05) is 61.7 Å². The first-order valence-electron chi connectivity index (χ1n) is 30.0. The molecule has 2 aliphatic heterocycles. The van der Waals surface area contributed by atoms with Gasteiger partial charge in [-0.15, -0.1) is 0 Å². The van der Waals surface area contributed by atoms with Crippen LogP contribution in [0.5, 0.6) is 0 Å². The van der Waals surface area contributed by atoms with E-state index in [0.717, 1.165) is 51.1 Å². The highest BCUT2D eigenvalue weighted by Crippen LogP contribution is 2.56. The van der Waals surface area contributed by atoms with E-state index in [9.17, 15) is 0 Å². The number of anilines is 9. The largest absolute Gasteiger partial charge is 0.456 e. The van der Waals surface area contributed by atoms with Gasteiger partial charge in [0.05, 0.1) is 11.1 Å². The number of fused-ring (bicyclic) bond motifs is 10. The van der Waals surface area contributed by atoms with Crippen LogP contribution in [0.2, 0.25) is 0 Å². The molecular weight excluding hydrogens is 994 g/mol. The predicted octanol–water partition coefficient (Wildman–Crippen LogP) is 19.3. The van der Waals surface area contributed by atoms with Gasteiger partial charge in [0.25, 0.3) is 6.71 Å². The fourth-order valence-corrected chi connectivity index (χ4v) is 15.7. The van der Waals surface area contributed by atoms with E-state index in [-0.39, 0.29) is 39.2 Å². The van der Waals surface area contributed by atoms with Crippen molar-refractivity contribution in [2.75, 3.05) is 14.7 Å². The summed E-state index contributed by atoms with van der Waals surface area (Å²) in [6.07, 6.45) is 1.10. The third kappa shape index (κ3) is 7.63. The molecule has 4 nitrogen and oxygen atoms in total. The van der Waals surface area contributed by atoms with Gasteiger partial charge in [-0.25, -0.2) is 0 Å². The van der Waals surface area contributed by atoms with Gasteiger partial charge in [0.1, 0.15) is 11.2 Å². The van der Waals surface area contributed by atoms with Crippen LogP contribution in [0.15, 0.2) is 174 Å². The average Bonchev–Trinajstić information content (AvgIpc) is 1.08. The number of furan rings is 1. The minimum Gasteiger partial charge on any atom is -0.456 e. The van der Waals surface area contributed by atoms with Crippen molar-refractivity contribution >= 4 is 96.2 Å². The van der Waals surface area contributed by atoms with Crippen LogP contribution in [-0.4, -0.2) is 6.71 Å². The normalized spacial score (nSPS) is 16.8. The Bertz CT molecular complexity index is 4250. The Morgan fingerprint density at radius 3 is 1.52 bits per heavy atom. The molecule has 0 spiro atoms. The van der Waals surface area contributed by atoms with Crippen molar-refractivity contribution in [3.63, 3.8) is 0 Å². The van der Waals surface area contributed by atoms with E-state index in [1.807, 2.05) is 0 Å². The summed E-state index contributed by atoms with van der Waals surface area (Å²) in [5, 5.41) is 2.25. The van der Waals surface area contributed by atoms with Gasteiger partial charge >= 0.3 is 0 Å². The number of hydrogen-bond acceptors (Lipinski definition) is 4. The van der Waals surface area contributed by atoms with Crippen LogP contribution in [0.25, 0.3) is 21.9 Å². The van der Waals surface area contributed by atoms with Gasteiger partial charge in [-0.3, -0.25) is 0 Å². The number of benzene rings is 9. The third-order valence-corrected chi connectivity index (χ3v) is 19.7. The minimum atomic E-state index is -0.266. The summed E-state index contributed by atoms with van der Waals surface area (Å²) >= 11 is 0. The standard InChI is InChI=1S/C77H78BN3O/c1-46-38-66-71-67(39-46)81(63-43-57-56(40-47(63)2)74(9,10)45-75(57,11)12)64-41-52(79(50-32-28-48(29-33-50)72(3,4)5)51-34-30-49(31-35-51)73(6,7)8)36-37-60(64)78(71)61-42-58-59(77(15,16)55-24-19-18-23-54(55)76(58,13)14)44-65(61)80(66)62-25-21-27-69-70(62)53-22-17-20-26-68(53)82-69/h17-44H,45H2,1-16H3. The van der Waals surface area contributed by atoms with Crippen LogP contribution in [0.1, 0.15) is 159 Å². The molecule has 0 N–H and O–H groups in total. The smallest absolute Gasteiger partial charge is 0.252 e. The molecule has 3 heterocycles. The van der Waals surface area contributed by atoms with Gasteiger partial charge in [-0.05, 0) is 193 Å². The topological polar surface area (TPSA) is 22.9 Å². The fraction of sp³-hybridized carbons (Fsp3) is 0.299. The molecule has 9 aromatic carbocycles. The summed E-state index contributed by atoms with van der Waals surface area (Å²) in [5.41, 5.74) is 29.5. The quantitative estimate of drug-likeness (QED) is 0.160. The number of hydrogen-bond donors (Lipinski definition) is 0. The molecule has 10 aromatic rings. The predicted molar refractivity (Wildman–Crippen MR) is 351 cm³/mol. The van der Waals surface area contributed by atoms with E-state index < -0.39 is 0 Å². The molecule has 0 saturated carbocycles. The SMILES string of the molecule is Cc1cc2c3c(c1)N(c1cccc4oc5ccccc5c14)c1cc4c(cc1B3c1ccc(N(c3ccc(C(C)(C)C)cc3)c3ccc(C(C)(C)C)cc3)cc1N2c1cc2c(cc1C)C(C)(C)CC2(C)C)C(C)(C)c1ccccc1C4(C)C. The van der Waals surface area contributed by atoms with Gasteiger partial charge in [0.15, 0.2) is 0 Å². The Kier molecular flexibility index (Phi) is 11.1. The highest BCUT2D eigenvalue weighted by Gasteiger charge is 2.49. The minimum absolute atomic E-state index is 0.00830. The van der Waals surface area contributed by atoms with Gasteiger partial charge in [-0.1, -0.05) is 188 Å². The summed E-state index contributed by atoms with van der Waals surface area (Å²) in [5.74, 6) is 0. The summed E-state index contributed by atoms with van der Waals surface area (Å²) in [7, 11) is 0. The van der Waals surface area contributed by atoms with E-state index in [1.54, 1.807) is 0 Å². The lowest BCUT2D eigenvalue weighted by atomic mass is 9.33. The Morgan fingerprint density at radius 1 is 0.427 bits per heavy atom. The summed E-state index contributed by atoms with van der Waals surface area (Å²) in [6.45, 7) is 37.9. The second-order valence-corrected chi connectivity index (χ2v) is 29.1. The van der Waals surface area contributed by atoms with Crippen molar-refractivity contribution in [3.05, 3.63) is 225 Å². The van der Waals surface area contributed by atoms with Crippen molar-refractivity contribution < 1.29 is 4.42 Å². The molecule has 14 rings (SSSR count). The number of nitrogens with zero attached hydrogens (tertiary/aromatic N) is 3. The summed E-state index contributed by atoms with van der Waals surface area (Å²) in [6, 6.07) is 65.9. The molecule has 0 radical (unpaired) electrons. The fourth-order valence-electron chi connectivity index (χ4n) is 15.7. The Hall–Kier alpha value is -7.76. The zero-order valence-corrected chi connectivity index (χ0v) is 51.2. The molecule has 0 saturated heterocycles. The third-order valence-electron chi connectivity index (χ3n) is 19.7. The van der Waals surface area contributed by atoms with Crippen molar-refractivity contribution in [2.45, 2.75) is 150 Å². The Labute approximate surface area is 487 Å². The van der Waals surface area contributed by atoms with Gasteiger partial charge in [-0.2, -0.15) is 0 Å². The summed E-state index contributed by atoms with van der Waals surface area (Å²) in [4.78, 5) is 7.80. The number of para-hydroxylation sites is 1. The van der Waals surface area contributed by atoms with Crippen LogP contribution in [0.3, 0.4) is 0 Å². The lowest BCUT2D eigenvalue weighted by molar-refractivity contribution is 0.403. The molecule has 1 aromatic heterocycles. The molecule has 0 bridgehead atoms. The second-order valence-electron chi connectivity index (χ2n) is 29.1. The molecule has 4 aliphatic rings. The molecule has 82 heavy (non-hydrogen) atoms. The molecule has 0 atom stereocenters. The van der Waals surface area contributed by atoms with Crippen molar-refractivity contribution in [1.29, 1.82) is 0 Å². The highest BCUT2D eigenvalue weighted by molar-refractivity contribution is 7.00. The van der Waals surface area contributed by atoms with Crippen LogP contribution in [0.4, 0.5) is 51.2 Å². The molecule has 0 fully saturated rings. The number of rotatable bonds is 5. The maximum Gasteiger partial charge on any atom is 0.252 e. The first-order chi connectivity index (χ1) is 38.7. The van der Waals surface area contributed by atoms with Crippen LogP contribution in [0, 0.1) is 13.8 Å². The first kappa shape index (κ1) is 52.3. The highest BCUT2D eigenvalue weighted by atomic mass is 16.3. The molecule has 410 valence electrons.